The smallest absolute Gasteiger partial charge is 0.339 e. The van der Waals surface area contributed by atoms with Crippen LogP contribution in [-0.4, -0.2) is 49.6 Å². The second kappa shape index (κ2) is 10.5. The number of hydrogen-bond acceptors (Lipinski definition) is 8. The van der Waals surface area contributed by atoms with Gasteiger partial charge in [-0.3, -0.25) is 14.4 Å². The molecule has 11 heteroatoms. The first kappa shape index (κ1) is 27.0. The number of methoxy groups -OCH3 is 1. The maximum Gasteiger partial charge on any atom is 0.339 e. The molecule has 0 aromatic heterocycles. The van der Waals surface area contributed by atoms with Crippen molar-refractivity contribution in [2.24, 2.45) is 0 Å². The number of ether oxygens (including phenoxy) is 1. The van der Waals surface area contributed by atoms with E-state index in [0.717, 1.165) is 0 Å². The SMILES string of the molecule is COc1cc(C2C3=C(CCCC3=O)N(CC(=O)O)C3=C2C(=O)CCC3)ccc1OS(=O)(=O)c1ccc(Cl)cc1. The van der Waals surface area contributed by atoms with Crippen LogP contribution >= 0.6 is 11.6 Å². The first-order valence-corrected chi connectivity index (χ1v) is 14.3. The fraction of sp³-hybridized carbons (Fsp3) is 0.321. The van der Waals surface area contributed by atoms with Gasteiger partial charge in [-0.2, -0.15) is 8.42 Å². The van der Waals surface area contributed by atoms with Gasteiger partial charge in [0.05, 0.1) is 7.11 Å². The Morgan fingerprint density at radius 1 is 0.949 bits per heavy atom. The van der Waals surface area contributed by atoms with Crippen molar-refractivity contribution in [1.29, 1.82) is 0 Å². The molecule has 5 rings (SSSR count). The number of carbonyl (C=O) groups is 3. The summed E-state index contributed by atoms with van der Waals surface area (Å²) in [4.78, 5) is 39.9. The van der Waals surface area contributed by atoms with Gasteiger partial charge in [-0.15, -0.1) is 0 Å². The van der Waals surface area contributed by atoms with Crippen LogP contribution in [0.2, 0.25) is 5.02 Å². The van der Waals surface area contributed by atoms with Crippen molar-refractivity contribution in [2.75, 3.05) is 13.7 Å². The van der Waals surface area contributed by atoms with Gasteiger partial charge < -0.3 is 18.9 Å². The number of aliphatic carboxylic acids is 1. The molecule has 0 spiro atoms. The van der Waals surface area contributed by atoms with E-state index in [1.54, 1.807) is 17.0 Å². The van der Waals surface area contributed by atoms with Crippen molar-refractivity contribution >= 4 is 39.3 Å². The monoisotopic (exact) mass is 571 g/mol. The van der Waals surface area contributed by atoms with Crippen molar-refractivity contribution < 1.29 is 36.8 Å². The Balaban J connectivity index is 1.61. The largest absolute Gasteiger partial charge is 0.493 e. The molecule has 0 saturated carbocycles. The number of allylic oxidation sites excluding steroid dienone is 4. The number of ketones is 2. The highest BCUT2D eigenvalue weighted by atomic mass is 35.5. The van der Waals surface area contributed by atoms with Crippen LogP contribution in [0.4, 0.5) is 0 Å². The molecule has 1 aliphatic heterocycles. The second-order valence-corrected chi connectivity index (χ2v) is 11.6. The fourth-order valence-electron chi connectivity index (χ4n) is 5.58. The Morgan fingerprint density at radius 3 is 2.08 bits per heavy atom. The molecule has 204 valence electrons. The third-order valence-corrected chi connectivity index (χ3v) is 8.70. The average molecular weight is 572 g/mol. The number of halogens is 1. The molecule has 0 bridgehead atoms. The van der Waals surface area contributed by atoms with Gasteiger partial charge in [-0.1, -0.05) is 17.7 Å². The molecule has 0 fully saturated rings. The molecule has 0 unspecified atom stereocenters. The Hall–Kier alpha value is -3.63. The molecule has 0 atom stereocenters. The zero-order valence-corrected chi connectivity index (χ0v) is 22.7. The van der Waals surface area contributed by atoms with Crippen LogP contribution in [-0.2, 0) is 24.5 Å². The summed E-state index contributed by atoms with van der Waals surface area (Å²) >= 11 is 5.87. The summed E-state index contributed by atoms with van der Waals surface area (Å²) in [5.41, 5.74) is 2.67. The predicted octanol–water partition coefficient (Wildman–Crippen LogP) is 4.61. The van der Waals surface area contributed by atoms with E-state index in [9.17, 15) is 27.9 Å². The van der Waals surface area contributed by atoms with Gasteiger partial charge in [0.1, 0.15) is 11.4 Å². The molecule has 0 radical (unpaired) electrons. The van der Waals surface area contributed by atoms with E-state index in [-0.39, 0.29) is 34.5 Å². The van der Waals surface area contributed by atoms with Crippen LogP contribution in [0.1, 0.15) is 50.0 Å². The van der Waals surface area contributed by atoms with Gasteiger partial charge in [0.15, 0.2) is 23.1 Å². The highest BCUT2D eigenvalue weighted by Gasteiger charge is 2.44. The molecule has 1 N–H and O–H groups in total. The average Bonchev–Trinajstić information content (AvgIpc) is 2.89. The number of rotatable bonds is 7. The standard InChI is InChI=1S/C28H26ClNO8S/c1-37-24-14-16(8-13-23(24)38-39(35,36)18-11-9-17(29)10-12-18)26-27-19(4-2-6-21(27)31)30(15-25(33)34)20-5-3-7-22(32)28(20)26/h8-14,26H,2-7,15H2,1H3,(H,33,34). The number of carbonyl (C=O) groups excluding carboxylic acids is 2. The summed E-state index contributed by atoms with van der Waals surface area (Å²) in [6, 6.07) is 10.2. The molecular weight excluding hydrogens is 546 g/mol. The summed E-state index contributed by atoms with van der Waals surface area (Å²) < 4.78 is 36.6. The Bertz CT molecular complexity index is 1500. The highest BCUT2D eigenvalue weighted by Crippen LogP contribution is 2.50. The lowest BCUT2D eigenvalue weighted by Gasteiger charge is -2.43. The Labute approximate surface area is 230 Å². The van der Waals surface area contributed by atoms with E-state index in [1.807, 2.05) is 0 Å². The van der Waals surface area contributed by atoms with Gasteiger partial charge in [0.25, 0.3) is 0 Å². The molecular formula is C28H26ClNO8S. The molecule has 2 aromatic rings. The van der Waals surface area contributed by atoms with E-state index in [4.69, 9.17) is 20.5 Å². The van der Waals surface area contributed by atoms with Crippen LogP contribution in [0.15, 0.2) is 69.9 Å². The summed E-state index contributed by atoms with van der Waals surface area (Å²) in [5.74, 6) is -1.98. The van der Waals surface area contributed by atoms with Crippen molar-refractivity contribution in [2.45, 2.75) is 49.3 Å². The van der Waals surface area contributed by atoms with Gasteiger partial charge in [-0.25, -0.2) is 0 Å². The molecule has 0 amide bonds. The quantitative estimate of drug-likeness (QED) is 0.474. The number of nitrogens with zero attached hydrogens (tertiary/aromatic N) is 1. The molecule has 1 heterocycles. The number of carboxylic acids is 1. The highest BCUT2D eigenvalue weighted by molar-refractivity contribution is 7.87. The zero-order chi connectivity index (χ0) is 27.9. The van der Waals surface area contributed by atoms with Gasteiger partial charge in [-0.05, 0) is 67.6 Å². The van der Waals surface area contributed by atoms with Gasteiger partial charge in [0, 0.05) is 46.3 Å². The minimum absolute atomic E-state index is 0.0622. The normalized spacial score (nSPS) is 18.2. The summed E-state index contributed by atoms with van der Waals surface area (Å²) in [6.45, 7) is -0.330. The Kier molecular flexibility index (Phi) is 7.26. The van der Waals surface area contributed by atoms with Crippen molar-refractivity contribution in [3.8, 4) is 11.5 Å². The minimum Gasteiger partial charge on any atom is -0.493 e. The van der Waals surface area contributed by atoms with Gasteiger partial charge >= 0.3 is 16.1 Å². The third-order valence-electron chi connectivity index (χ3n) is 7.20. The number of hydrogen-bond donors (Lipinski definition) is 1. The molecule has 3 aliphatic rings. The van der Waals surface area contributed by atoms with Crippen LogP contribution in [0.25, 0.3) is 0 Å². The molecule has 0 saturated heterocycles. The van der Waals surface area contributed by atoms with Crippen LogP contribution < -0.4 is 8.92 Å². The molecule has 2 aliphatic carbocycles. The summed E-state index contributed by atoms with van der Waals surface area (Å²) in [7, 11) is -2.84. The van der Waals surface area contributed by atoms with Crippen LogP contribution in [0, 0.1) is 0 Å². The van der Waals surface area contributed by atoms with E-state index in [0.29, 0.717) is 71.7 Å². The predicted molar refractivity (Wildman–Crippen MR) is 141 cm³/mol. The summed E-state index contributed by atoms with van der Waals surface area (Å²) in [6.07, 6.45) is 2.82. The number of carboxylic acid groups (broad SMARTS) is 1. The van der Waals surface area contributed by atoms with Crippen LogP contribution in [0.3, 0.4) is 0 Å². The van der Waals surface area contributed by atoms with Crippen molar-refractivity contribution in [3.63, 3.8) is 0 Å². The van der Waals surface area contributed by atoms with E-state index < -0.39 is 22.0 Å². The zero-order valence-electron chi connectivity index (χ0n) is 21.1. The van der Waals surface area contributed by atoms with Gasteiger partial charge in [0.2, 0.25) is 0 Å². The lowest BCUT2D eigenvalue weighted by Crippen LogP contribution is -2.41. The maximum atomic E-state index is 13.3. The molecule has 9 nitrogen and oxygen atoms in total. The van der Waals surface area contributed by atoms with Crippen molar-refractivity contribution in [1.82, 2.24) is 4.90 Å². The van der Waals surface area contributed by atoms with Crippen molar-refractivity contribution in [3.05, 3.63) is 75.6 Å². The molecule has 2 aromatic carbocycles. The topological polar surface area (TPSA) is 127 Å². The lowest BCUT2D eigenvalue weighted by atomic mass is 9.71. The van der Waals surface area contributed by atoms with E-state index in [1.165, 1.54) is 37.4 Å². The van der Waals surface area contributed by atoms with E-state index in [2.05, 4.69) is 0 Å². The molecule has 39 heavy (non-hydrogen) atoms. The maximum absolute atomic E-state index is 13.3. The minimum atomic E-state index is -4.20. The lowest BCUT2D eigenvalue weighted by molar-refractivity contribution is -0.138. The number of Topliss-reactive ketones (excluding diaryl/α,β-unsaturated/α-hetero) is 2. The first-order chi connectivity index (χ1) is 18.6. The second-order valence-electron chi connectivity index (χ2n) is 9.59. The van der Waals surface area contributed by atoms with E-state index >= 15 is 0 Å². The third kappa shape index (κ3) is 5.06. The summed E-state index contributed by atoms with van der Waals surface area (Å²) in [5, 5.41) is 9.98. The number of benzene rings is 2. The van der Waals surface area contributed by atoms with Crippen LogP contribution in [0.5, 0.6) is 11.5 Å². The fourth-order valence-corrected chi connectivity index (χ4v) is 6.64. The first-order valence-electron chi connectivity index (χ1n) is 12.5. The Morgan fingerprint density at radius 2 is 1.54 bits per heavy atom.